The molecule has 3 rings (SSSR count). The van der Waals surface area contributed by atoms with Crippen LogP contribution in [-0.4, -0.2) is 60.9 Å². The number of rotatable bonds is 12. The number of carbonyl (C=O) groups is 2. The molecule has 2 N–H and O–H groups in total. The fourth-order valence-corrected chi connectivity index (χ4v) is 3.59. The number of carbonyl (C=O) groups excluding carboxylic acids is 2. The van der Waals surface area contributed by atoms with Crippen molar-refractivity contribution >= 4 is 11.8 Å². The predicted octanol–water partition coefficient (Wildman–Crippen LogP) is 2.02. The molecule has 1 saturated heterocycles. The smallest absolute Gasteiger partial charge is 0.312 e. The summed E-state index contributed by atoms with van der Waals surface area (Å²) in [6.45, 7) is 5.78. The molecule has 2 aromatic carbocycles. The normalized spacial score (nSPS) is 14.4. The van der Waals surface area contributed by atoms with Crippen molar-refractivity contribution in [3.8, 4) is 0 Å². The van der Waals surface area contributed by atoms with Crippen molar-refractivity contribution in [1.82, 2.24) is 20.4 Å². The van der Waals surface area contributed by atoms with Gasteiger partial charge in [0.25, 0.3) is 0 Å². The second-order valence-corrected chi connectivity index (χ2v) is 7.62. The minimum Gasteiger partial charge on any atom is -0.333 e. The third-order valence-electron chi connectivity index (χ3n) is 5.30. The molecular formula is C24H32N4O2. The lowest BCUT2D eigenvalue weighted by Crippen LogP contribution is -2.54. The van der Waals surface area contributed by atoms with Crippen LogP contribution in [0.2, 0.25) is 0 Å². The van der Waals surface area contributed by atoms with Crippen molar-refractivity contribution in [3.63, 3.8) is 0 Å². The first kappa shape index (κ1) is 22.0. The average Bonchev–Trinajstić information content (AvgIpc) is 2.79. The first-order valence-corrected chi connectivity index (χ1v) is 10.8. The lowest BCUT2D eigenvalue weighted by atomic mass is 10.2. The molecule has 0 atom stereocenters. The second-order valence-electron chi connectivity index (χ2n) is 7.62. The quantitative estimate of drug-likeness (QED) is 0.417. The topological polar surface area (TPSA) is 64.7 Å². The molecule has 1 heterocycles. The molecule has 1 aliphatic heterocycles. The lowest BCUT2D eigenvalue weighted by molar-refractivity contribution is -0.156. The van der Waals surface area contributed by atoms with Crippen molar-refractivity contribution < 1.29 is 9.59 Å². The molecule has 0 aromatic heterocycles. The number of nitrogens with zero attached hydrogens (tertiary/aromatic N) is 2. The molecule has 2 aromatic rings. The van der Waals surface area contributed by atoms with E-state index in [9.17, 15) is 9.59 Å². The number of nitrogens with one attached hydrogen (secondary N) is 2. The van der Waals surface area contributed by atoms with Gasteiger partial charge in [-0.15, -0.1) is 0 Å². The first-order valence-electron chi connectivity index (χ1n) is 10.8. The molecule has 0 aliphatic carbocycles. The summed E-state index contributed by atoms with van der Waals surface area (Å²) >= 11 is 0. The second kappa shape index (κ2) is 12.1. The fraction of sp³-hybridized carbons (Fsp3) is 0.417. The van der Waals surface area contributed by atoms with Gasteiger partial charge in [0.2, 0.25) is 0 Å². The Morgan fingerprint density at radius 3 is 1.43 bits per heavy atom. The first-order chi connectivity index (χ1) is 14.7. The van der Waals surface area contributed by atoms with E-state index in [-0.39, 0.29) is 11.8 Å². The van der Waals surface area contributed by atoms with Crippen LogP contribution in [0.5, 0.6) is 0 Å². The van der Waals surface area contributed by atoms with Crippen LogP contribution in [-0.2, 0) is 22.7 Å². The van der Waals surface area contributed by atoms with Gasteiger partial charge in [-0.05, 0) is 37.1 Å². The molecular weight excluding hydrogens is 376 g/mol. The summed E-state index contributed by atoms with van der Waals surface area (Å²) in [4.78, 5) is 28.2. The number of benzene rings is 2. The van der Waals surface area contributed by atoms with E-state index in [1.54, 1.807) is 9.80 Å². The van der Waals surface area contributed by atoms with Gasteiger partial charge >= 0.3 is 11.8 Å². The van der Waals surface area contributed by atoms with Crippen LogP contribution < -0.4 is 10.6 Å². The van der Waals surface area contributed by atoms with E-state index < -0.39 is 0 Å². The average molecular weight is 409 g/mol. The van der Waals surface area contributed by atoms with E-state index in [1.165, 1.54) is 11.1 Å². The summed E-state index contributed by atoms with van der Waals surface area (Å²) in [5.74, 6) is -0.719. The Kier molecular flexibility index (Phi) is 8.87. The molecule has 0 saturated carbocycles. The van der Waals surface area contributed by atoms with E-state index >= 15 is 0 Å². The van der Waals surface area contributed by atoms with Crippen LogP contribution in [0, 0.1) is 0 Å². The van der Waals surface area contributed by atoms with E-state index in [0.29, 0.717) is 26.2 Å². The van der Waals surface area contributed by atoms with Crippen LogP contribution in [0.15, 0.2) is 60.7 Å². The minimum atomic E-state index is -0.360. The van der Waals surface area contributed by atoms with E-state index in [2.05, 4.69) is 34.9 Å². The molecule has 0 spiro atoms. The molecule has 0 radical (unpaired) electrons. The predicted molar refractivity (Wildman–Crippen MR) is 119 cm³/mol. The summed E-state index contributed by atoms with van der Waals surface area (Å²) < 4.78 is 0. The van der Waals surface area contributed by atoms with Gasteiger partial charge in [-0.1, -0.05) is 60.7 Å². The number of amides is 2. The van der Waals surface area contributed by atoms with Crippen molar-refractivity contribution in [1.29, 1.82) is 0 Å². The van der Waals surface area contributed by atoms with Gasteiger partial charge < -0.3 is 20.4 Å². The van der Waals surface area contributed by atoms with Crippen molar-refractivity contribution in [2.24, 2.45) is 0 Å². The molecule has 6 nitrogen and oxygen atoms in total. The monoisotopic (exact) mass is 408 g/mol. The highest BCUT2D eigenvalue weighted by Crippen LogP contribution is 2.07. The molecule has 2 amide bonds. The highest BCUT2D eigenvalue weighted by Gasteiger charge is 2.31. The molecule has 6 heteroatoms. The molecule has 1 fully saturated rings. The van der Waals surface area contributed by atoms with E-state index in [4.69, 9.17) is 0 Å². The zero-order chi connectivity index (χ0) is 21.0. The van der Waals surface area contributed by atoms with Gasteiger partial charge in [0.1, 0.15) is 0 Å². The van der Waals surface area contributed by atoms with Gasteiger partial charge in [0.05, 0.1) is 0 Å². The Hall–Kier alpha value is -2.70. The van der Waals surface area contributed by atoms with Crippen LogP contribution in [0.1, 0.15) is 24.0 Å². The van der Waals surface area contributed by atoms with Crippen molar-refractivity contribution in [2.45, 2.75) is 25.9 Å². The lowest BCUT2D eigenvalue weighted by Gasteiger charge is -2.33. The Bertz CT molecular complexity index is 715. The van der Waals surface area contributed by atoms with Crippen LogP contribution in [0.3, 0.4) is 0 Å². The van der Waals surface area contributed by atoms with Gasteiger partial charge in [0.15, 0.2) is 0 Å². The SMILES string of the molecule is O=C1C(=O)N(CCCNCc2ccccc2)CCN1CCCNCc1ccccc1. The van der Waals surface area contributed by atoms with Crippen LogP contribution in [0.4, 0.5) is 0 Å². The largest absolute Gasteiger partial charge is 0.333 e. The highest BCUT2D eigenvalue weighted by atomic mass is 16.2. The van der Waals surface area contributed by atoms with Crippen molar-refractivity contribution in [2.75, 3.05) is 39.3 Å². The maximum Gasteiger partial charge on any atom is 0.312 e. The zero-order valence-corrected chi connectivity index (χ0v) is 17.6. The molecule has 30 heavy (non-hydrogen) atoms. The van der Waals surface area contributed by atoms with E-state index in [0.717, 1.165) is 39.0 Å². The van der Waals surface area contributed by atoms with Gasteiger partial charge in [-0.25, -0.2) is 0 Å². The third kappa shape index (κ3) is 6.97. The number of piperazine rings is 1. The third-order valence-corrected chi connectivity index (χ3v) is 5.30. The Balaban J connectivity index is 1.27. The van der Waals surface area contributed by atoms with Crippen LogP contribution in [0.25, 0.3) is 0 Å². The van der Waals surface area contributed by atoms with Crippen molar-refractivity contribution in [3.05, 3.63) is 71.8 Å². The summed E-state index contributed by atoms with van der Waals surface area (Å²) in [6, 6.07) is 20.5. The molecule has 1 aliphatic rings. The van der Waals surface area contributed by atoms with Gasteiger partial charge in [0, 0.05) is 39.3 Å². The minimum absolute atomic E-state index is 0.360. The fourth-order valence-electron chi connectivity index (χ4n) is 3.59. The number of hydrogen-bond donors (Lipinski definition) is 2. The summed E-state index contributed by atoms with van der Waals surface area (Å²) in [5.41, 5.74) is 2.49. The Morgan fingerprint density at radius 1 is 0.633 bits per heavy atom. The summed E-state index contributed by atoms with van der Waals surface area (Å²) in [7, 11) is 0. The summed E-state index contributed by atoms with van der Waals surface area (Å²) in [6.07, 6.45) is 1.69. The molecule has 160 valence electrons. The van der Waals surface area contributed by atoms with Gasteiger partial charge in [-0.3, -0.25) is 9.59 Å². The standard InChI is InChI=1S/C24H32N4O2/c29-23-24(30)28(16-8-14-26-20-22-11-5-2-6-12-22)18-17-27(23)15-7-13-25-19-21-9-3-1-4-10-21/h1-6,9-12,25-26H,7-8,13-20H2. The maximum absolute atomic E-state index is 12.4. The molecule has 0 unspecified atom stereocenters. The van der Waals surface area contributed by atoms with E-state index in [1.807, 2.05) is 36.4 Å². The van der Waals surface area contributed by atoms with Gasteiger partial charge in [-0.2, -0.15) is 0 Å². The maximum atomic E-state index is 12.4. The Labute approximate surface area is 179 Å². The molecule has 0 bridgehead atoms. The highest BCUT2D eigenvalue weighted by molar-refractivity contribution is 6.35. The zero-order valence-electron chi connectivity index (χ0n) is 17.6. The number of hydrogen-bond acceptors (Lipinski definition) is 4. The van der Waals surface area contributed by atoms with Crippen LogP contribution >= 0.6 is 0 Å². The Morgan fingerprint density at radius 2 is 1.03 bits per heavy atom. The summed E-state index contributed by atoms with van der Waals surface area (Å²) in [5, 5.41) is 6.77.